The maximum Gasteiger partial charge on any atom is 0.242 e. The van der Waals surface area contributed by atoms with E-state index in [1.807, 2.05) is 22.9 Å². The molecule has 1 fully saturated rings. The Morgan fingerprint density at radius 1 is 1.16 bits per heavy atom. The van der Waals surface area contributed by atoms with Crippen LogP contribution in [0.1, 0.15) is 30.0 Å². The SMILES string of the molecule is COCCOCCN(C)C(=O)CN(C=O)c1cc(C2CC2)cn2cc(CNc3cc(NC=O)ncn3)nc12. The molecule has 0 aliphatic heterocycles. The van der Waals surface area contributed by atoms with Crippen molar-refractivity contribution in [2.45, 2.75) is 25.3 Å². The van der Waals surface area contributed by atoms with Gasteiger partial charge in [0, 0.05) is 39.2 Å². The number of pyridine rings is 1. The third-order valence-electron chi connectivity index (χ3n) is 6.15. The van der Waals surface area contributed by atoms with Crippen LogP contribution in [0.2, 0.25) is 0 Å². The van der Waals surface area contributed by atoms with Crippen LogP contribution in [-0.4, -0.2) is 90.0 Å². The summed E-state index contributed by atoms with van der Waals surface area (Å²) < 4.78 is 12.3. The van der Waals surface area contributed by atoms with Crippen LogP contribution in [0, 0.1) is 0 Å². The van der Waals surface area contributed by atoms with E-state index in [2.05, 4.69) is 20.6 Å². The fourth-order valence-electron chi connectivity index (χ4n) is 3.88. The lowest BCUT2D eigenvalue weighted by molar-refractivity contribution is -0.129. The van der Waals surface area contributed by atoms with E-state index in [9.17, 15) is 14.4 Å². The molecule has 0 spiro atoms. The molecule has 202 valence electrons. The number of aromatic nitrogens is 4. The second-order valence-electron chi connectivity index (χ2n) is 8.95. The molecule has 0 bridgehead atoms. The lowest BCUT2D eigenvalue weighted by Crippen LogP contribution is -2.39. The van der Waals surface area contributed by atoms with Gasteiger partial charge in [0.15, 0.2) is 5.65 Å². The van der Waals surface area contributed by atoms with E-state index < -0.39 is 0 Å². The maximum atomic E-state index is 12.9. The van der Waals surface area contributed by atoms with Gasteiger partial charge in [-0.15, -0.1) is 0 Å². The summed E-state index contributed by atoms with van der Waals surface area (Å²) in [6.07, 6.45) is 8.65. The first-order valence-corrected chi connectivity index (χ1v) is 12.3. The highest BCUT2D eigenvalue weighted by Gasteiger charge is 2.27. The van der Waals surface area contributed by atoms with Crippen LogP contribution in [0.25, 0.3) is 5.65 Å². The second-order valence-corrected chi connectivity index (χ2v) is 8.95. The number of anilines is 3. The minimum atomic E-state index is -0.209. The summed E-state index contributed by atoms with van der Waals surface area (Å²) in [7, 11) is 3.29. The third-order valence-corrected chi connectivity index (χ3v) is 6.15. The second kappa shape index (κ2) is 12.9. The van der Waals surface area contributed by atoms with Crippen LogP contribution in [0.3, 0.4) is 0 Å². The zero-order valence-electron chi connectivity index (χ0n) is 21.5. The number of fused-ring (bicyclic) bond motifs is 1. The van der Waals surface area contributed by atoms with Gasteiger partial charge in [-0.2, -0.15) is 0 Å². The molecule has 0 saturated heterocycles. The van der Waals surface area contributed by atoms with E-state index in [-0.39, 0.29) is 12.5 Å². The van der Waals surface area contributed by atoms with Crippen molar-refractivity contribution >= 4 is 41.7 Å². The minimum absolute atomic E-state index is 0.115. The Kier molecular flexibility index (Phi) is 9.16. The number of carbonyl (C=O) groups excluding carboxylic acids is 3. The quantitative estimate of drug-likeness (QED) is 0.209. The maximum absolute atomic E-state index is 12.9. The zero-order chi connectivity index (χ0) is 26.9. The molecule has 1 aliphatic rings. The van der Waals surface area contributed by atoms with Gasteiger partial charge in [-0.1, -0.05) is 0 Å². The van der Waals surface area contributed by atoms with E-state index >= 15 is 0 Å². The summed E-state index contributed by atoms with van der Waals surface area (Å²) in [6.45, 7) is 1.96. The number of amides is 3. The number of nitrogens with one attached hydrogen (secondary N) is 2. The standard InChI is InChI=1S/C25H32N8O5/c1-31(5-6-38-8-7-37-2)24(36)14-33(17-35)21-9-19(18-3-4-18)12-32-13-20(30-25(21)32)11-26-22-10-23(29-16-34)28-15-27-22/h9-10,12-13,15-18H,3-8,11,14H2,1-2H3,(H2,26,27,28,29,34). The topological polar surface area (TPSA) is 143 Å². The Morgan fingerprint density at radius 3 is 2.71 bits per heavy atom. The van der Waals surface area contributed by atoms with E-state index in [1.54, 1.807) is 25.1 Å². The van der Waals surface area contributed by atoms with Gasteiger partial charge in [0.1, 0.15) is 24.5 Å². The predicted octanol–water partition coefficient (Wildman–Crippen LogP) is 1.27. The van der Waals surface area contributed by atoms with Gasteiger partial charge in [0.05, 0.1) is 37.7 Å². The molecule has 1 saturated carbocycles. The van der Waals surface area contributed by atoms with E-state index in [0.717, 1.165) is 18.4 Å². The van der Waals surface area contributed by atoms with Crippen molar-refractivity contribution in [1.29, 1.82) is 0 Å². The molecule has 0 radical (unpaired) electrons. The number of ether oxygens (including phenoxy) is 2. The van der Waals surface area contributed by atoms with Crippen LogP contribution in [-0.2, 0) is 30.4 Å². The molecule has 1 aliphatic carbocycles. The Labute approximate surface area is 220 Å². The van der Waals surface area contributed by atoms with Crippen LogP contribution < -0.4 is 15.5 Å². The van der Waals surface area contributed by atoms with Crippen molar-refractivity contribution < 1.29 is 23.9 Å². The molecular formula is C25H32N8O5. The van der Waals surface area contributed by atoms with E-state index in [4.69, 9.17) is 14.5 Å². The number of rotatable bonds is 16. The van der Waals surface area contributed by atoms with Crippen LogP contribution >= 0.6 is 0 Å². The number of imidazole rings is 1. The number of hydrogen-bond donors (Lipinski definition) is 2. The molecule has 13 nitrogen and oxygen atoms in total. The number of methoxy groups -OCH3 is 1. The van der Waals surface area contributed by atoms with Gasteiger partial charge in [-0.05, 0) is 30.4 Å². The van der Waals surface area contributed by atoms with Gasteiger partial charge in [0.25, 0.3) is 0 Å². The average Bonchev–Trinajstić information content (AvgIpc) is 3.69. The predicted molar refractivity (Wildman–Crippen MR) is 140 cm³/mol. The molecule has 0 atom stereocenters. The normalized spacial score (nSPS) is 12.8. The summed E-state index contributed by atoms with van der Waals surface area (Å²) in [6, 6.07) is 3.56. The summed E-state index contributed by atoms with van der Waals surface area (Å²) in [5.41, 5.74) is 2.96. The van der Waals surface area contributed by atoms with Crippen molar-refractivity contribution in [3.8, 4) is 0 Å². The first-order chi connectivity index (χ1) is 18.5. The lowest BCUT2D eigenvalue weighted by Gasteiger charge is -2.23. The first-order valence-electron chi connectivity index (χ1n) is 12.3. The van der Waals surface area contributed by atoms with Gasteiger partial charge in [0.2, 0.25) is 18.7 Å². The van der Waals surface area contributed by atoms with Gasteiger partial charge < -0.3 is 34.3 Å². The monoisotopic (exact) mass is 524 g/mol. The Balaban J connectivity index is 1.49. The highest BCUT2D eigenvalue weighted by Crippen LogP contribution is 2.41. The molecule has 3 aromatic rings. The number of hydrogen-bond acceptors (Lipinski definition) is 9. The highest BCUT2D eigenvalue weighted by atomic mass is 16.5. The summed E-state index contributed by atoms with van der Waals surface area (Å²) in [4.78, 5) is 51.5. The molecule has 3 amide bonds. The number of likely N-dealkylation sites (N-methyl/N-ethyl adjacent to an activating group) is 1. The highest BCUT2D eigenvalue weighted by molar-refractivity contribution is 5.92. The van der Waals surface area contributed by atoms with Crippen LogP contribution in [0.5, 0.6) is 0 Å². The lowest BCUT2D eigenvalue weighted by atomic mass is 10.1. The Hall–Kier alpha value is -4.10. The molecule has 3 aromatic heterocycles. The number of carbonyl (C=O) groups is 3. The molecule has 3 heterocycles. The van der Waals surface area contributed by atoms with Gasteiger partial charge >= 0.3 is 0 Å². The molecule has 13 heteroatoms. The summed E-state index contributed by atoms with van der Waals surface area (Å²) >= 11 is 0. The molecule has 0 aromatic carbocycles. The van der Waals surface area contributed by atoms with Gasteiger partial charge in [-0.25, -0.2) is 15.0 Å². The molecule has 4 rings (SSSR count). The van der Waals surface area contributed by atoms with Crippen LogP contribution in [0.15, 0.2) is 30.9 Å². The third kappa shape index (κ3) is 7.01. The molecule has 0 unspecified atom stereocenters. The Morgan fingerprint density at radius 2 is 1.97 bits per heavy atom. The fraction of sp³-hybridized carbons (Fsp3) is 0.440. The number of nitrogens with zero attached hydrogens (tertiary/aromatic N) is 6. The van der Waals surface area contributed by atoms with Crippen molar-refractivity contribution in [2.75, 3.05) is 62.6 Å². The molecular weight excluding hydrogens is 492 g/mol. The first kappa shape index (κ1) is 26.9. The van der Waals surface area contributed by atoms with E-state index in [0.29, 0.717) is 80.3 Å². The summed E-state index contributed by atoms with van der Waals surface area (Å²) in [5, 5.41) is 5.65. The van der Waals surface area contributed by atoms with Crippen molar-refractivity contribution in [2.24, 2.45) is 0 Å². The van der Waals surface area contributed by atoms with Crippen molar-refractivity contribution in [3.05, 3.63) is 42.1 Å². The largest absolute Gasteiger partial charge is 0.382 e. The smallest absolute Gasteiger partial charge is 0.242 e. The summed E-state index contributed by atoms with van der Waals surface area (Å²) in [5.74, 6) is 1.12. The zero-order valence-corrected chi connectivity index (χ0v) is 21.5. The van der Waals surface area contributed by atoms with Crippen molar-refractivity contribution in [1.82, 2.24) is 24.3 Å². The van der Waals surface area contributed by atoms with E-state index in [1.165, 1.54) is 11.2 Å². The Bertz CT molecular complexity index is 1260. The minimum Gasteiger partial charge on any atom is -0.382 e. The molecule has 38 heavy (non-hydrogen) atoms. The average molecular weight is 525 g/mol. The van der Waals surface area contributed by atoms with Crippen molar-refractivity contribution in [3.63, 3.8) is 0 Å². The van der Waals surface area contributed by atoms with Crippen LogP contribution in [0.4, 0.5) is 17.3 Å². The molecule has 2 N–H and O–H groups in total. The van der Waals surface area contributed by atoms with Gasteiger partial charge in [-0.3, -0.25) is 14.4 Å². The fourth-order valence-corrected chi connectivity index (χ4v) is 3.88.